The molecule has 0 amide bonds. The van der Waals surface area contributed by atoms with Gasteiger partial charge in [0.15, 0.2) is 17.5 Å². The molecule has 1 aliphatic heterocycles. The second-order valence-corrected chi connectivity index (χ2v) is 15.2. The maximum absolute atomic E-state index is 14.4. The van der Waals surface area contributed by atoms with Crippen LogP contribution in [0.3, 0.4) is 0 Å². The van der Waals surface area contributed by atoms with Crippen molar-refractivity contribution in [3.05, 3.63) is 36.3 Å². The lowest BCUT2D eigenvalue weighted by Gasteiger charge is -2.61. The molecule has 1 saturated heterocycles. The van der Waals surface area contributed by atoms with Gasteiger partial charge >= 0.3 is 29.8 Å². The molecule has 0 aromatic carbocycles. The molecule has 2 aliphatic carbocycles. The molecule has 12 atom stereocenters. The van der Waals surface area contributed by atoms with Crippen LogP contribution in [-0.2, 0) is 62.0 Å². The quantitative estimate of drug-likeness (QED) is 0.127. The third-order valence-electron chi connectivity index (χ3n) is 12.2. The molecule has 0 radical (unpaired) electrons. The molecule has 4 rings (SSSR count). The highest BCUT2D eigenvalue weighted by molar-refractivity contribution is 5.96. The number of methoxy groups -OCH3 is 1. The van der Waals surface area contributed by atoms with Crippen LogP contribution in [0.2, 0.25) is 0 Å². The molecule has 54 heavy (non-hydrogen) atoms. The molecule has 1 aromatic rings. The molecule has 2 saturated carbocycles. The number of esters is 5. The Morgan fingerprint density at radius 2 is 1.76 bits per heavy atom. The van der Waals surface area contributed by atoms with Crippen LogP contribution in [-0.4, -0.2) is 102 Å². The molecule has 1 aromatic heterocycles. The van der Waals surface area contributed by atoms with E-state index in [1.807, 2.05) is 0 Å². The van der Waals surface area contributed by atoms with Gasteiger partial charge in [-0.05, 0) is 30.0 Å². The molecule has 0 spiro atoms. The first-order valence-corrected chi connectivity index (χ1v) is 17.7. The first-order valence-electron chi connectivity index (χ1n) is 17.7. The fourth-order valence-electron chi connectivity index (χ4n) is 9.16. The van der Waals surface area contributed by atoms with Gasteiger partial charge in [0, 0.05) is 43.4 Å². The van der Waals surface area contributed by atoms with E-state index >= 15 is 0 Å². The highest BCUT2D eigenvalue weighted by atomic mass is 16.6. The van der Waals surface area contributed by atoms with E-state index in [0.29, 0.717) is 12.0 Å². The molecular weight excluding hydrogens is 712 g/mol. The average molecular weight is 763 g/mol. The Morgan fingerprint density at radius 1 is 1.09 bits per heavy atom. The number of aliphatic hydroxyl groups excluding tert-OH is 1. The monoisotopic (exact) mass is 762 g/mol. The van der Waals surface area contributed by atoms with Gasteiger partial charge in [0.1, 0.15) is 30.5 Å². The van der Waals surface area contributed by atoms with Gasteiger partial charge in [0.05, 0.1) is 37.9 Å². The van der Waals surface area contributed by atoms with E-state index in [-0.39, 0.29) is 18.5 Å². The minimum atomic E-state index is -2.60. The van der Waals surface area contributed by atoms with E-state index in [1.54, 1.807) is 19.9 Å². The number of aliphatic hydroxyl groups is 2. The fourth-order valence-corrected chi connectivity index (χ4v) is 9.16. The summed E-state index contributed by atoms with van der Waals surface area (Å²) < 4.78 is 39.4. The van der Waals surface area contributed by atoms with Crippen molar-refractivity contribution >= 4 is 42.1 Å². The van der Waals surface area contributed by atoms with Crippen LogP contribution in [0, 0.1) is 28.6 Å². The van der Waals surface area contributed by atoms with Gasteiger partial charge in [-0.3, -0.25) is 28.8 Å². The van der Waals surface area contributed by atoms with E-state index in [1.165, 1.54) is 33.3 Å². The van der Waals surface area contributed by atoms with Gasteiger partial charge in [-0.25, -0.2) is 4.79 Å². The smallest absolute Gasteiger partial charge is 0.335 e. The van der Waals surface area contributed by atoms with Crippen molar-refractivity contribution in [1.82, 2.24) is 0 Å². The maximum atomic E-state index is 14.4. The van der Waals surface area contributed by atoms with Crippen molar-refractivity contribution in [2.24, 2.45) is 28.6 Å². The van der Waals surface area contributed by atoms with Crippen LogP contribution < -0.4 is 0 Å². The SMILES string of the molecule is C=C1[C@H]([C@]2(C)[C@@H](OC(C)=O)CC(=O)O[C@@](C)(COC(C)=O)[C@H]2CC(=O)OC)[C@@H](OC=O)[C@H](OC(=O)[C@@H](O)[C@@H](C)CC)[C@]2(C)[C@H](c3ccoc3)CC(=O)[C@]12O. The molecule has 16 heteroatoms. The second-order valence-electron chi connectivity index (χ2n) is 15.2. The zero-order valence-electron chi connectivity index (χ0n) is 31.8. The summed E-state index contributed by atoms with van der Waals surface area (Å²) >= 11 is 0. The molecule has 0 unspecified atom stereocenters. The van der Waals surface area contributed by atoms with Crippen LogP contribution in [0.15, 0.2) is 35.2 Å². The van der Waals surface area contributed by atoms with Crippen LogP contribution in [0.1, 0.15) is 85.6 Å². The van der Waals surface area contributed by atoms with E-state index < -0.39 is 125 Å². The number of carbonyl (C=O) groups excluding carboxylic acids is 7. The Morgan fingerprint density at radius 3 is 2.30 bits per heavy atom. The van der Waals surface area contributed by atoms with E-state index in [9.17, 15) is 43.8 Å². The predicted molar refractivity (Wildman–Crippen MR) is 183 cm³/mol. The van der Waals surface area contributed by atoms with Gasteiger partial charge in [-0.1, -0.05) is 40.7 Å². The first-order chi connectivity index (χ1) is 25.2. The third-order valence-corrected chi connectivity index (χ3v) is 12.2. The highest BCUT2D eigenvalue weighted by Gasteiger charge is 2.77. The number of hydrogen-bond donors (Lipinski definition) is 2. The van der Waals surface area contributed by atoms with Gasteiger partial charge in [-0.2, -0.15) is 0 Å². The summed E-state index contributed by atoms with van der Waals surface area (Å²) in [5, 5.41) is 24.1. The summed E-state index contributed by atoms with van der Waals surface area (Å²) in [6.45, 7) is 13.5. The lowest BCUT2D eigenvalue weighted by molar-refractivity contribution is -0.239. The molecule has 3 fully saturated rings. The van der Waals surface area contributed by atoms with Crippen molar-refractivity contribution < 1.29 is 76.6 Å². The maximum Gasteiger partial charge on any atom is 0.335 e. The molecular formula is C38H50O16. The number of Topliss-reactive ketones (excluding diaryl/α,β-unsaturated/α-hetero) is 1. The van der Waals surface area contributed by atoms with Crippen LogP contribution >= 0.6 is 0 Å². The van der Waals surface area contributed by atoms with Crippen LogP contribution in [0.5, 0.6) is 0 Å². The van der Waals surface area contributed by atoms with Crippen molar-refractivity contribution in [3.63, 3.8) is 0 Å². The molecule has 2 heterocycles. The second kappa shape index (κ2) is 15.7. The topological polar surface area (TPSA) is 228 Å². The Bertz CT molecular complexity index is 1650. The van der Waals surface area contributed by atoms with Crippen molar-refractivity contribution in [3.8, 4) is 0 Å². The van der Waals surface area contributed by atoms with Gasteiger partial charge in [0.25, 0.3) is 6.47 Å². The van der Waals surface area contributed by atoms with Gasteiger partial charge in [0.2, 0.25) is 0 Å². The standard InChI is InChI=1S/C38H50O16/c1-10-19(2)31(45)34(46)53-33-32(51-18-39)30(20(3)38(47)26(42)13-24(37(33,38)8)23-11-12-49-16-23)36(7)25(14-28(43)48-9)35(6,17-50-21(4)40)54-29(44)15-27(36)52-22(5)41/h11-12,16,18-19,24-25,27,30-33,45,47H,3,10,13-15,17H2,1-2,4-9H3/t19-,24-,25+,27-,30-,31-,32+,33-,35-,36-,37-,38+/m0/s1. The lowest BCUT2D eigenvalue weighted by Crippen LogP contribution is -2.72. The van der Waals surface area contributed by atoms with Crippen molar-refractivity contribution in [2.75, 3.05) is 13.7 Å². The normalized spacial score (nSPS) is 36.1. The van der Waals surface area contributed by atoms with Crippen LogP contribution in [0.25, 0.3) is 0 Å². The van der Waals surface area contributed by atoms with Gasteiger partial charge < -0.3 is 43.1 Å². The number of ether oxygens (including phenoxy) is 6. The summed E-state index contributed by atoms with van der Waals surface area (Å²) in [6.07, 6.45) is -5.26. The highest BCUT2D eigenvalue weighted by Crippen LogP contribution is 2.68. The first kappa shape index (κ1) is 42.2. The fraction of sp³-hybridized carbons (Fsp3) is 0.658. The summed E-state index contributed by atoms with van der Waals surface area (Å²) in [7, 11) is 1.10. The number of furan rings is 1. The van der Waals surface area contributed by atoms with Crippen molar-refractivity contribution in [2.45, 2.75) is 116 Å². The third kappa shape index (κ3) is 6.93. The minimum Gasteiger partial charge on any atom is -0.472 e. The van der Waals surface area contributed by atoms with Gasteiger partial charge in [-0.15, -0.1) is 0 Å². The molecule has 16 nitrogen and oxygen atoms in total. The number of cyclic esters (lactones) is 1. The summed E-state index contributed by atoms with van der Waals surface area (Å²) in [5.74, 6) is -9.90. The Hall–Kier alpha value is -4.57. The molecule has 2 N–H and O–H groups in total. The summed E-state index contributed by atoms with van der Waals surface area (Å²) in [4.78, 5) is 92.7. The zero-order chi connectivity index (χ0) is 40.6. The number of fused-ring (bicyclic) bond motifs is 1. The molecule has 0 bridgehead atoms. The Kier molecular flexibility index (Phi) is 12.2. The number of rotatable bonds is 13. The van der Waals surface area contributed by atoms with E-state index in [0.717, 1.165) is 21.0 Å². The number of carbonyl (C=O) groups is 7. The number of hydrogen-bond acceptors (Lipinski definition) is 16. The predicted octanol–water partition coefficient (Wildman–Crippen LogP) is 2.51. The molecule has 3 aliphatic rings. The Labute approximate surface area is 312 Å². The average Bonchev–Trinajstić information content (AvgIpc) is 3.70. The van der Waals surface area contributed by atoms with Crippen LogP contribution in [0.4, 0.5) is 0 Å². The lowest BCUT2D eigenvalue weighted by atomic mass is 9.46. The van der Waals surface area contributed by atoms with E-state index in [4.69, 9.17) is 32.8 Å². The number of ketones is 1. The van der Waals surface area contributed by atoms with Crippen molar-refractivity contribution in [1.29, 1.82) is 0 Å². The Balaban J connectivity index is 2.13. The largest absolute Gasteiger partial charge is 0.472 e. The molecule has 298 valence electrons. The minimum absolute atomic E-state index is 0.0597. The summed E-state index contributed by atoms with van der Waals surface area (Å²) in [6, 6.07) is 1.56. The summed E-state index contributed by atoms with van der Waals surface area (Å²) in [5.41, 5.74) is -8.16. The van der Waals surface area contributed by atoms with E-state index in [2.05, 4.69) is 6.58 Å². The zero-order valence-corrected chi connectivity index (χ0v) is 31.8.